The Hall–Kier alpha value is -1.84. The molecule has 1 aromatic heterocycles. The monoisotopic (exact) mass is 220 g/mol. The molecule has 0 spiro atoms. The van der Waals surface area contributed by atoms with Gasteiger partial charge >= 0.3 is 5.97 Å². The van der Waals surface area contributed by atoms with Gasteiger partial charge in [-0.3, -0.25) is 4.79 Å². The van der Waals surface area contributed by atoms with E-state index in [0.29, 0.717) is 5.82 Å². The number of carbonyl (C=O) groups is 1. The number of nitrogen functional groups attached to an aromatic ring is 1. The van der Waals surface area contributed by atoms with Crippen LogP contribution < -0.4 is 5.73 Å². The van der Waals surface area contributed by atoms with Crippen molar-refractivity contribution in [3.8, 4) is 0 Å². The summed E-state index contributed by atoms with van der Waals surface area (Å²) in [6.07, 6.45) is 3.90. The van der Waals surface area contributed by atoms with Gasteiger partial charge in [0.1, 0.15) is 5.82 Å². The topological polar surface area (TPSA) is 65.2 Å². The fourth-order valence-corrected chi connectivity index (χ4v) is 1.48. The Morgan fingerprint density at radius 3 is 2.81 bits per heavy atom. The van der Waals surface area contributed by atoms with Crippen LogP contribution in [0.1, 0.15) is 23.2 Å². The molecule has 0 radical (unpaired) electrons. The Labute approximate surface area is 95.1 Å². The Morgan fingerprint density at radius 2 is 2.25 bits per heavy atom. The first kappa shape index (κ1) is 12.2. The molecule has 2 N–H and O–H groups in total. The minimum absolute atomic E-state index is 0.255. The third-order valence-electron chi connectivity index (χ3n) is 2.27. The van der Waals surface area contributed by atoms with E-state index < -0.39 is 0 Å². The van der Waals surface area contributed by atoms with Gasteiger partial charge in [0.05, 0.1) is 13.5 Å². The maximum absolute atomic E-state index is 10.9. The van der Waals surface area contributed by atoms with Crippen LogP contribution in [0.5, 0.6) is 0 Å². The van der Waals surface area contributed by atoms with Gasteiger partial charge in [0, 0.05) is 5.69 Å². The SMILES string of the molecule is COC(=O)CC=Cc1c(C)cc(N)nc1C. The van der Waals surface area contributed by atoms with Crippen molar-refractivity contribution in [3.05, 3.63) is 29.0 Å². The van der Waals surface area contributed by atoms with Crippen molar-refractivity contribution in [2.75, 3.05) is 12.8 Å². The van der Waals surface area contributed by atoms with E-state index in [2.05, 4.69) is 9.72 Å². The van der Waals surface area contributed by atoms with Gasteiger partial charge in [-0.1, -0.05) is 12.2 Å². The molecule has 0 unspecified atom stereocenters. The molecule has 0 bridgehead atoms. The van der Waals surface area contributed by atoms with Gasteiger partial charge in [-0.05, 0) is 31.0 Å². The molecule has 0 saturated carbocycles. The van der Waals surface area contributed by atoms with Crippen LogP contribution in [0.3, 0.4) is 0 Å². The van der Waals surface area contributed by atoms with Crippen LogP contribution in [0.15, 0.2) is 12.1 Å². The van der Waals surface area contributed by atoms with Crippen LogP contribution in [0.4, 0.5) is 5.82 Å². The number of carbonyl (C=O) groups excluding carboxylic acids is 1. The second-order valence-electron chi connectivity index (χ2n) is 3.55. The number of rotatable bonds is 3. The molecule has 0 aliphatic rings. The van der Waals surface area contributed by atoms with Crippen molar-refractivity contribution >= 4 is 17.9 Å². The molecule has 0 aliphatic carbocycles. The van der Waals surface area contributed by atoms with E-state index in [0.717, 1.165) is 16.8 Å². The van der Waals surface area contributed by atoms with Crippen LogP contribution in [-0.4, -0.2) is 18.1 Å². The van der Waals surface area contributed by atoms with Crippen molar-refractivity contribution in [3.63, 3.8) is 0 Å². The first-order chi connectivity index (χ1) is 7.54. The van der Waals surface area contributed by atoms with Crippen LogP contribution >= 0.6 is 0 Å². The Kier molecular flexibility index (Phi) is 4.05. The number of hydrogen-bond donors (Lipinski definition) is 1. The summed E-state index contributed by atoms with van der Waals surface area (Å²) in [4.78, 5) is 15.1. The van der Waals surface area contributed by atoms with E-state index >= 15 is 0 Å². The van der Waals surface area contributed by atoms with Crippen molar-refractivity contribution in [2.45, 2.75) is 20.3 Å². The summed E-state index contributed by atoms with van der Waals surface area (Å²) in [6.45, 7) is 3.85. The molecule has 1 heterocycles. The third kappa shape index (κ3) is 3.08. The number of aromatic nitrogens is 1. The van der Waals surface area contributed by atoms with Gasteiger partial charge in [0.15, 0.2) is 0 Å². The van der Waals surface area contributed by atoms with Crippen LogP contribution in [0, 0.1) is 13.8 Å². The van der Waals surface area contributed by atoms with E-state index in [1.54, 1.807) is 6.08 Å². The minimum Gasteiger partial charge on any atom is -0.469 e. The lowest BCUT2D eigenvalue weighted by atomic mass is 10.1. The van der Waals surface area contributed by atoms with E-state index in [9.17, 15) is 4.79 Å². The molecule has 0 saturated heterocycles. The molecule has 4 nitrogen and oxygen atoms in total. The number of anilines is 1. The van der Waals surface area contributed by atoms with Crippen molar-refractivity contribution in [1.29, 1.82) is 0 Å². The number of ether oxygens (including phenoxy) is 1. The smallest absolute Gasteiger partial charge is 0.309 e. The van der Waals surface area contributed by atoms with Crippen LogP contribution in [0.25, 0.3) is 6.08 Å². The first-order valence-corrected chi connectivity index (χ1v) is 5.01. The zero-order valence-electron chi connectivity index (χ0n) is 9.78. The molecule has 16 heavy (non-hydrogen) atoms. The summed E-state index contributed by atoms with van der Waals surface area (Å²) < 4.78 is 4.54. The molecule has 1 rings (SSSR count). The Bertz CT molecular complexity index is 402. The number of nitrogens with zero attached hydrogens (tertiary/aromatic N) is 1. The number of methoxy groups -OCH3 is 1. The average molecular weight is 220 g/mol. The highest BCUT2D eigenvalue weighted by Crippen LogP contribution is 2.16. The predicted octanol–water partition coefficient (Wildman–Crippen LogP) is 1.86. The number of aryl methyl sites for hydroxylation is 2. The molecule has 4 heteroatoms. The molecule has 0 aliphatic heterocycles. The molecule has 0 atom stereocenters. The third-order valence-corrected chi connectivity index (χ3v) is 2.27. The predicted molar refractivity (Wildman–Crippen MR) is 63.8 cm³/mol. The van der Waals surface area contributed by atoms with Gasteiger partial charge in [0.2, 0.25) is 0 Å². The van der Waals surface area contributed by atoms with Gasteiger partial charge in [-0.2, -0.15) is 0 Å². The fourth-order valence-electron chi connectivity index (χ4n) is 1.48. The van der Waals surface area contributed by atoms with Gasteiger partial charge in [-0.25, -0.2) is 4.98 Å². The zero-order chi connectivity index (χ0) is 12.1. The standard InChI is InChI=1S/C12H16N2O2/c1-8-7-11(13)14-9(2)10(8)5-4-6-12(15)16-3/h4-5,7H,6H2,1-3H3,(H2,13,14). The molecule has 1 aromatic rings. The zero-order valence-corrected chi connectivity index (χ0v) is 9.78. The summed E-state index contributed by atoms with van der Waals surface area (Å²) in [6, 6.07) is 1.81. The summed E-state index contributed by atoms with van der Waals surface area (Å²) in [5.41, 5.74) is 8.52. The Balaban J connectivity index is 2.85. The molecular formula is C12H16N2O2. The number of pyridine rings is 1. The molecule has 0 fully saturated rings. The lowest BCUT2D eigenvalue weighted by Gasteiger charge is -2.05. The highest BCUT2D eigenvalue weighted by molar-refractivity contribution is 5.73. The second kappa shape index (κ2) is 5.30. The lowest BCUT2D eigenvalue weighted by molar-refractivity contribution is -0.139. The van der Waals surface area contributed by atoms with E-state index in [-0.39, 0.29) is 12.4 Å². The average Bonchev–Trinajstić information content (AvgIpc) is 2.21. The normalized spacial score (nSPS) is 10.7. The summed E-state index contributed by atoms with van der Waals surface area (Å²) in [5, 5.41) is 0. The highest BCUT2D eigenvalue weighted by Gasteiger charge is 2.02. The fraction of sp³-hybridized carbons (Fsp3) is 0.333. The molecule has 86 valence electrons. The molecular weight excluding hydrogens is 204 g/mol. The molecule has 0 aromatic carbocycles. The van der Waals surface area contributed by atoms with Crippen molar-refractivity contribution in [1.82, 2.24) is 4.98 Å². The van der Waals surface area contributed by atoms with Gasteiger partial charge in [-0.15, -0.1) is 0 Å². The maximum atomic E-state index is 10.9. The van der Waals surface area contributed by atoms with Gasteiger partial charge in [0.25, 0.3) is 0 Å². The number of esters is 1. The summed E-state index contributed by atoms with van der Waals surface area (Å²) in [5.74, 6) is 0.259. The molecule has 0 amide bonds. The van der Waals surface area contributed by atoms with E-state index in [4.69, 9.17) is 5.73 Å². The largest absolute Gasteiger partial charge is 0.469 e. The second-order valence-corrected chi connectivity index (χ2v) is 3.55. The Morgan fingerprint density at radius 1 is 1.56 bits per heavy atom. The number of nitrogens with two attached hydrogens (primary N) is 1. The van der Waals surface area contributed by atoms with Crippen LogP contribution in [0.2, 0.25) is 0 Å². The highest BCUT2D eigenvalue weighted by atomic mass is 16.5. The quantitative estimate of drug-likeness (QED) is 0.789. The summed E-state index contributed by atoms with van der Waals surface area (Å²) in [7, 11) is 1.37. The van der Waals surface area contributed by atoms with Crippen molar-refractivity contribution < 1.29 is 9.53 Å². The first-order valence-electron chi connectivity index (χ1n) is 5.01. The van der Waals surface area contributed by atoms with E-state index in [1.807, 2.05) is 26.0 Å². The van der Waals surface area contributed by atoms with Gasteiger partial charge < -0.3 is 10.5 Å². The van der Waals surface area contributed by atoms with E-state index in [1.165, 1.54) is 7.11 Å². The lowest BCUT2D eigenvalue weighted by Crippen LogP contribution is -1.98. The minimum atomic E-state index is -0.255. The number of hydrogen-bond acceptors (Lipinski definition) is 4. The van der Waals surface area contributed by atoms with Crippen molar-refractivity contribution in [2.24, 2.45) is 0 Å². The maximum Gasteiger partial charge on any atom is 0.309 e. The summed E-state index contributed by atoms with van der Waals surface area (Å²) >= 11 is 0. The van der Waals surface area contributed by atoms with Crippen LogP contribution in [-0.2, 0) is 9.53 Å².